The van der Waals surface area contributed by atoms with E-state index in [4.69, 9.17) is 0 Å². The summed E-state index contributed by atoms with van der Waals surface area (Å²) in [5.74, 6) is 0. The molecule has 0 bridgehead atoms. The van der Waals surface area contributed by atoms with Gasteiger partial charge in [-0.25, -0.2) is 4.99 Å². The van der Waals surface area contributed by atoms with E-state index < -0.39 is 0 Å². The zero-order valence-electron chi connectivity index (χ0n) is 9.99. The zero-order chi connectivity index (χ0) is 13.0. The van der Waals surface area contributed by atoms with Crippen LogP contribution in [0, 0.1) is 0 Å². The molecule has 6 heteroatoms. The van der Waals surface area contributed by atoms with E-state index in [2.05, 4.69) is 4.99 Å². The molecule has 94 valence electrons. The fourth-order valence-corrected chi connectivity index (χ4v) is 4.31. The lowest BCUT2D eigenvalue weighted by atomic mass is 10.3. The predicted octanol–water partition coefficient (Wildman–Crippen LogP) is 3.82. The number of rotatable bonds is 2. The Morgan fingerprint density at radius 2 is 1.94 bits per heavy atom. The Labute approximate surface area is 117 Å². The van der Waals surface area contributed by atoms with Gasteiger partial charge >= 0.3 is 0 Å². The molecule has 1 aromatic carbocycles. The van der Waals surface area contributed by atoms with Gasteiger partial charge in [0, 0.05) is 14.1 Å². The van der Waals surface area contributed by atoms with Crippen LogP contribution in [0.1, 0.15) is 0 Å². The summed E-state index contributed by atoms with van der Waals surface area (Å²) in [7, 11) is 6.66. The second kappa shape index (κ2) is 6.17. The van der Waals surface area contributed by atoms with Crippen LogP contribution in [0.25, 0.3) is 0 Å². The third-order valence-corrected chi connectivity index (χ3v) is 5.72. The number of carbonyl (C=O) groups is 1. The van der Waals surface area contributed by atoms with E-state index in [1.165, 1.54) is 11.8 Å². The molecule has 0 N–H and O–H groups in total. The summed E-state index contributed by atoms with van der Waals surface area (Å²) in [6, 6.07) is 11.8. The van der Waals surface area contributed by atoms with Crippen molar-refractivity contribution in [2.45, 2.75) is 4.21 Å². The molecule has 0 spiro atoms. The second-order valence-corrected chi connectivity index (χ2v) is 7.12. The summed E-state index contributed by atoms with van der Waals surface area (Å²) in [4.78, 5) is 17.6. The summed E-state index contributed by atoms with van der Waals surface area (Å²) in [5, 5.41) is 0.0373. The fourth-order valence-electron chi connectivity index (χ4n) is 1.14. The maximum absolute atomic E-state index is 11.5. The van der Waals surface area contributed by atoms with Gasteiger partial charge in [-0.15, -0.1) is 0 Å². The van der Waals surface area contributed by atoms with Crippen LogP contribution in [0.3, 0.4) is 0 Å². The number of thioether (sulfide) groups is 1. The lowest BCUT2D eigenvalue weighted by molar-refractivity contribution is 0.241. The highest BCUT2D eigenvalue weighted by Gasteiger charge is 2.08. The van der Waals surface area contributed by atoms with Crippen LogP contribution in [-0.4, -0.2) is 24.2 Å². The van der Waals surface area contributed by atoms with Crippen molar-refractivity contribution in [3.8, 4) is 0 Å². The number of para-hydroxylation sites is 1. The molecule has 3 nitrogen and oxygen atoms in total. The van der Waals surface area contributed by atoms with Crippen molar-refractivity contribution in [1.29, 1.82) is 0 Å². The van der Waals surface area contributed by atoms with Gasteiger partial charge < -0.3 is 4.90 Å². The van der Waals surface area contributed by atoms with Crippen LogP contribution < -0.4 is 4.67 Å². The van der Waals surface area contributed by atoms with E-state index in [-0.39, 0.29) is 5.24 Å². The zero-order valence-corrected chi connectivity index (χ0v) is 12.4. The maximum Gasteiger partial charge on any atom is 0.286 e. The summed E-state index contributed by atoms with van der Waals surface area (Å²) < 4.78 is 1.91. The molecule has 0 saturated carbocycles. The van der Waals surface area contributed by atoms with E-state index >= 15 is 0 Å². The van der Waals surface area contributed by atoms with Gasteiger partial charge in [0.05, 0.1) is 9.90 Å². The number of benzene rings is 1. The van der Waals surface area contributed by atoms with Gasteiger partial charge in [-0.1, -0.05) is 38.9 Å². The first-order valence-electron chi connectivity index (χ1n) is 5.24. The van der Waals surface area contributed by atoms with E-state index in [0.29, 0.717) is 0 Å². The lowest BCUT2D eigenvalue weighted by Crippen LogP contribution is -2.15. The first-order valence-corrected chi connectivity index (χ1v) is 8.21. The van der Waals surface area contributed by atoms with Gasteiger partial charge in [-0.05, 0) is 30.0 Å². The summed E-state index contributed by atoms with van der Waals surface area (Å²) in [6.07, 6.45) is 0. The molecule has 2 aromatic rings. The molecule has 1 heterocycles. The minimum atomic E-state index is 0.0373. The summed E-state index contributed by atoms with van der Waals surface area (Å²) in [5.41, 5.74) is 0.932. The fraction of sp³-hybridized carbons (Fsp3) is 0.167. The molecular formula is C12H12N2OS3. The van der Waals surface area contributed by atoms with Crippen LogP contribution >= 0.6 is 32.4 Å². The number of amides is 1. The Kier molecular flexibility index (Phi) is 4.57. The van der Waals surface area contributed by atoms with E-state index in [1.54, 1.807) is 39.7 Å². The Morgan fingerprint density at radius 1 is 1.22 bits per heavy atom. The van der Waals surface area contributed by atoms with Crippen LogP contribution in [0.15, 0.2) is 45.6 Å². The average molecular weight is 296 g/mol. The first kappa shape index (κ1) is 13.3. The standard InChI is InChI=1S/C12H12N2OS3/c1-14(2)12(15)16-11-8-10(17-18-11)13-9-6-4-3-5-7-9/h3-8H,1-2H3. The van der Waals surface area contributed by atoms with E-state index in [0.717, 1.165) is 14.6 Å². The van der Waals surface area contributed by atoms with Crippen LogP contribution in [-0.2, 0) is 0 Å². The van der Waals surface area contributed by atoms with Crippen LogP contribution in [0.2, 0.25) is 0 Å². The van der Waals surface area contributed by atoms with E-state index in [9.17, 15) is 4.79 Å². The highest BCUT2D eigenvalue weighted by atomic mass is 32.9. The monoisotopic (exact) mass is 296 g/mol. The Morgan fingerprint density at radius 3 is 2.61 bits per heavy atom. The number of hydrogen-bond acceptors (Lipinski definition) is 5. The molecule has 18 heavy (non-hydrogen) atoms. The topological polar surface area (TPSA) is 32.7 Å². The van der Waals surface area contributed by atoms with Crippen molar-refractivity contribution in [3.63, 3.8) is 0 Å². The largest absolute Gasteiger partial charge is 0.339 e. The molecule has 0 atom stereocenters. The first-order chi connectivity index (χ1) is 8.65. The lowest BCUT2D eigenvalue weighted by Gasteiger charge is -2.06. The second-order valence-electron chi connectivity index (χ2n) is 3.68. The molecule has 0 saturated heterocycles. The van der Waals surface area contributed by atoms with Gasteiger partial charge in [0.15, 0.2) is 0 Å². The minimum Gasteiger partial charge on any atom is -0.339 e. The number of nitrogens with zero attached hydrogens (tertiary/aromatic N) is 2. The molecule has 0 fully saturated rings. The molecular weight excluding hydrogens is 284 g/mol. The Hall–Kier alpha value is -1.11. The Bertz CT molecular complexity index is 587. The van der Waals surface area contributed by atoms with Crippen LogP contribution in [0.5, 0.6) is 0 Å². The molecule has 2 rings (SSSR count). The number of carbonyl (C=O) groups excluding carboxylic acids is 1. The molecule has 0 radical (unpaired) electrons. The third-order valence-electron chi connectivity index (χ3n) is 2.00. The quantitative estimate of drug-likeness (QED) is 0.623. The summed E-state index contributed by atoms with van der Waals surface area (Å²) >= 11 is 1.24. The number of hydrogen-bond donors (Lipinski definition) is 0. The van der Waals surface area contributed by atoms with Crippen LogP contribution in [0.4, 0.5) is 10.5 Å². The van der Waals surface area contributed by atoms with E-state index in [1.807, 2.05) is 36.4 Å². The van der Waals surface area contributed by atoms with Crippen molar-refractivity contribution in [3.05, 3.63) is 41.1 Å². The van der Waals surface area contributed by atoms with Crippen molar-refractivity contribution in [1.82, 2.24) is 4.90 Å². The van der Waals surface area contributed by atoms with Gasteiger partial charge in [0.1, 0.15) is 4.67 Å². The highest BCUT2D eigenvalue weighted by Crippen LogP contribution is 2.26. The van der Waals surface area contributed by atoms with Crippen molar-refractivity contribution in [2.24, 2.45) is 4.99 Å². The Balaban J connectivity index is 2.16. The molecule has 0 aliphatic heterocycles. The van der Waals surface area contributed by atoms with Gasteiger partial charge in [0.2, 0.25) is 0 Å². The predicted molar refractivity (Wildman–Crippen MR) is 78.8 cm³/mol. The minimum absolute atomic E-state index is 0.0373. The molecule has 0 unspecified atom stereocenters. The SMILES string of the molecule is CN(C)C(=O)Sc1cc(=Nc2ccccc2)ss1. The molecule has 0 aliphatic rings. The van der Waals surface area contributed by atoms with Crippen molar-refractivity contribution in [2.75, 3.05) is 14.1 Å². The normalized spacial score (nSPS) is 11.6. The maximum atomic E-state index is 11.5. The van der Waals surface area contributed by atoms with Gasteiger partial charge in [-0.3, -0.25) is 4.79 Å². The van der Waals surface area contributed by atoms with Crippen molar-refractivity contribution < 1.29 is 4.79 Å². The smallest absolute Gasteiger partial charge is 0.286 e. The molecule has 1 amide bonds. The van der Waals surface area contributed by atoms with Gasteiger partial charge in [0.25, 0.3) is 5.24 Å². The molecule has 0 aliphatic carbocycles. The molecule has 1 aromatic heterocycles. The third kappa shape index (κ3) is 3.69. The van der Waals surface area contributed by atoms with Gasteiger partial charge in [-0.2, -0.15) is 0 Å². The highest BCUT2D eigenvalue weighted by molar-refractivity contribution is 8.15. The van der Waals surface area contributed by atoms with Crippen molar-refractivity contribution >= 4 is 43.4 Å². The summed E-state index contributed by atoms with van der Waals surface area (Å²) in [6.45, 7) is 0. The average Bonchev–Trinajstić information content (AvgIpc) is 2.77.